The third kappa shape index (κ3) is 6.75. The largest absolute Gasteiger partial charge is 0.442 e. The van der Waals surface area contributed by atoms with E-state index in [1.807, 2.05) is 12.1 Å². The second-order valence-corrected chi connectivity index (χ2v) is 9.90. The number of anilines is 3. The van der Waals surface area contributed by atoms with E-state index >= 15 is 0 Å². The van der Waals surface area contributed by atoms with Crippen LogP contribution >= 0.6 is 23.2 Å². The van der Waals surface area contributed by atoms with E-state index in [1.165, 1.54) is 18.5 Å². The number of halogens is 2. The summed E-state index contributed by atoms with van der Waals surface area (Å²) in [5.74, 6) is -0.0408. The molecule has 3 aromatic heterocycles. The van der Waals surface area contributed by atoms with Crippen LogP contribution in [0.1, 0.15) is 26.3 Å². The highest BCUT2D eigenvalue weighted by Crippen LogP contribution is 2.31. The lowest BCUT2D eigenvalue weighted by molar-refractivity contribution is -0.111. The highest BCUT2D eigenvalue weighted by atomic mass is 35.5. The van der Waals surface area contributed by atoms with E-state index in [0.717, 1.165) is 10.2 Å². The molecule has 13 heteroatoms. The molecule has 38 heavy (non-hydrogen) atoms. The molecule has 3 heterocycles. The average molecular weight is 555 g/mol. The molecule has 2 N–H and O–H groups in total. The Morgan fingerprint density at radius 1 is 1.05 bits per heavy atom. The summed E-state index contributed by atoms with van der Waals surface area (Å²) in [7, 11) is 0. The Hall–Kier alpha value is -4.22. The van der Waals surface area contributed by atoms with Gasteiger partial charge in [0.15, 0.2) is 0 Å². The molecule has 0 aliphatic heterocycles. The summed E-state index contributed by atoms with van der Waals surface area (Å²) in [6, 6.07) is 7.39. The first-order chi connectivity index (χ1) is 18.0. The molecule has 0 aliphatic carbocycles. The van der Waals surface area contributed by atoms with E-state index < -0.39 is 11.7 Å². The van der Waals surface area contributed by atoms with Crippen molar-refractivity contribution in [3.8, 4) is 11.4 Å². The summed E-state index contributed by atoms with van der Waals surface area (Å²) in [4.78, 5) is 32.4. The summed E-state index contributed by atoms with van der Waals surface area (Å²) in [5.41, 5.74) is 2.04. The van der Waals surface area contributed by atoms with Crippen LogP contribution in [0.4, 0.5) is 22.1 Å². The van der Waals surface area contributed by atoms with Crippen LogP contribution in [0.15, 0.2) is 61.7 Å². The first kappa shape index (κ1) is 26.8. The van der Waals surface area contributed by atoms with Gasteiger partial charge in [0.05, 0.1) is 40.9 Å². The summed E-state index contributed by atoms with van der Waals surface area (Å²) in [6.07, 6.45) is 6.69. The minimum atomic E-state index is -0.698. The first-order valence-electron chi connectivity index (χ1n) is 11.3. The van der Waals surface area contributed by atoms with Crippen LogP contribution in [0.25, 0.3) is 11.4 Å². The Morgan fingerprint density at radius 2 is 1.79 bits per heavy atom. The predicted molar refractivity (Wildman–Crippen MR) is 145 cm³/mol. The van der Waals surface area contributed by atoms with Crippen LogP contribution in [-0.2, 0) is 16.1 Å². The fourth-order valence-electron chi connectivity index (χ4n) is 3.23. The van der Waals surface area contributed by atoms with Crippen molar-refractivity contribution < 1.29 is 14.3 Å². The van der Waals surface area contributed by atoms with Gasteiger partial charge in [-0.05, 0) is 44.5 Å². The third-order valence-electron chi connectivity index (χ3n) is 4.86. The number of nitrogens with zero attached hydrogens (tertiary/aromatic N) is 6. The van der Waals surface area contributed by atoms with E-state index in [2.05, 4.69) is 37.4 Å². The molecule has 11 nitrogen and oxygen atoms in total. The zero-order chi connectivity index (χ0) is 27.4. The molecule has 4 aromatic rings. The highest BCUT2D eigenvalue weighted by Gasteiger charge is 2.22. The predicted octanol–water partition coefficient (Wildman–Crippen LogP) is 5.54. The number of carbonyl (C=O) groups excluding carboxylic acids is 2. The second-order valence-electron chi connectivity index (χ2n) is 9.08. The maximum Gasteiger partial charge on any atom is 0.435 e. The van der Waals surface area contributed by atoms with Gasteiger partial charge in [0, 0.05) is 11.9 Å². The molecule has 0 radical (unpaired) electrons. The monoisotopic (exact) mass is 554 g/mol. The van der Waals surface area contributed by atoms with Crippen LogP contribution in [0.5, 0.6) is 0 Å². The molecule has 0 fully saturated rings. The molecule has 1 aromatic carbocycles. The van der Waals surface area contributed by atoms with Crippen molar-refractivity contribution in [3.63, 3.8) is 0 Å². The van der Waals surface area contributed by atoms with Gasteiger partial charge >= 0.3 is 6.09 Å². The van der Waals surface area contributed by atoms with Gasteiger partial charge in [0.2, 0.25) is 11.9 Å². The Balaban J connectivity index is 1.47. The van der Waals surface area contributed by atoms with Crippen molar-refractivity contribution in [1.82, 2.24) is 29.5 Å². The molecule has 0 bridgehead atoms. The minimum absolute atomic E-state index is 0.172. The maximum atomic E-state index is 12.4. The lowest BCUT2D eigenvalue weighted by Crippen LogP contribution is -2.27. The normalized spacial score (nSPS) is 11.2. The van der Waals surface area contributed by atoms with Gasteiger partial charge in [-0.3, -0.25) is 9.48 Å². The van der Waals surface area contributed by atoms with E-state index in [9.17, 15) is 9.59 Å². The molecule has 1 amide bonds. The van der Waals surface area contributed by atoms with Crippen molar-refractivity contribution in [2.24, 2.45) is 0 Å². The molecule has 0 unspecified atom stereocenters. The smallest absolute Gasteiger partial charge is 0.435 e. The number of hydrogen-bond donors (Lipinski definition) is 2. The summed E-state index contributed by atoms with van der Waals surface area (Å²) >= 11 is 12.7. The Bertz CT molecular complexity index is 1490. The molecule has 0 aliphatic rings. The minimum Gasteiger partial charge on any atom is -0.442 e. The SMILES string of the molecule is C=CC(=O)Nc1ccc(Cn2cc(Nc3ncc(Cl)c(-c4nn(C(=O)OC(C)(C)C)cc4Cl)n3)cn2)cc1. The van der Waals surface area contributed by atoms with Crippen molar-refractivity contribution in [3.05, 3.63) is 77.3 Å². The summed E-state index contributed by atoms with van der Waals surface area (Å²) < 4.78 is 8.06. The van der Waals surface area contributed by atoms with Crippen LogP contribution in [0.3, 0.4) is 0 Å². The van der Waals surface area contributed by atoms with Gasteiger partial charge < -0.3 is 15.4 Å². The van der Waals surface area contributed by atoms with Gasteiger partial charge in [-0.1, -0.05) is 41.9 Å². The van der Waals surface area contributed by atoms with Crippen molar-refractivity contribution in [2.75, 3.05) is 10.6 Å². The van der Waals surface area contributed by atoms with Crippen molar-refractivity contribution in [1.29, 1.82) is 0 Å². The van der Waals surface area contributed by atoms with E-state index in [4.69, 9.17) is 27.9 Å². The van der Waals surface area contributed by atoms with Gasteiger partial charge in [0.1, 0.15) is 17.0 Å². The van der Waals surface area contributed by atoms with Crippen LogP contribution < -0.4 is 10.6 Å². The number of hydrogen-bond acceptors (Lipinski definition) is 8. The number of nitrogens with one attached hydrogen (secondary N) is 2. The highest BCUT2D eigenvalue weighted by molar-refractivity contribution is 6.35. The fraction of sp³-hybridized carbons (Fsp3) is 0.200. The van der Waals surface area contributed by atoms with Crippen molar-refractivity contribution >= 4 is 52.5 Å². The standard InChI is InChI=1S/C25H24Cl2N8O3/c1-5-20(36)30-16-8-6-15(7-9-16)12-34-13-17(10-29-34)31-23-28-11-18(26)21(32-23)22-19(27)14-35(33-22)24(37)38-25(2,3)4/h5-11,13-14H,1,12H2,2-4H3,(H,30,36)(H,28,31,32). The van der Waals surface area contributed by atoms with E-state index in [-0.39, 0.29) is 33.3 Å². The first-order valence-corrected chi connectivity index (χ1v) is 12.1. The lowest BCUT2D eigenvalue weighted by atomic mass is 10.2. The van der Waals surface area contributed by atoms with Crippen LogP contribution in [-0.4, -0.2) is 47.1 Å². The van der Waals surface area contributed by atoms with E-state index in [1.54, 1.807) is 50.0 Å². The number of rotatable bonds is 7. The quantitative estimate of drug-likeness (QED) is 0.285. The summed E-state index contributed by atoms with van der Waals surface area (Å²) in [5, 5.41) is 14.7. The number of benzene rings is 1. The number of carbonyl (C=O) groups is 2. The van der Waals surface area contributed by atoms with Crippen LogP contribution in [0.2, 0.25) is 10.0 Å². The Kier molecular flexibility index (Phi) is 7.79. The average Bonchev–Trinajstić information content (AvgIpc) is 3.46. The molecule has 0 saturated heterocycles. The van der Waals surface area contributed by atoms with Gasteiger partial charge in [0.25, 0.3) is 0 Å². The second kappa shape index (κ2) is 11.0. The molecular formula is C25H24Cl2N8O3. The summed E-state index contributed by atoms with van der Waals surface area (Å²) in [6.45, 7) is 9.19. The zero-order valence-electron chi connectivity index (χ0n) is 20.8. The maximum absolute atomic E-state index is 12.4. The van der Waals surface area contributed by atoms with Gasteiger partial charge in [-0.25, -0.2) is 14.8 Å². The third-order valence-corrected chi connectivity index (χ3v) is 5.41. The zero-order valence-corrected chi connectivity index (χ0v) is 22.3. The molecule has 4 rings (SSSR count). The van der Waals surface area contributed by atoms with Crippen LogP contribution in [0, 0.1) is 0 Å². The molecular weight excluding hydrogens is 531 g/mol. The number of ether oxygens (including phenoxy) is 1. The molecule has 0 saturated carbocycles. The van der Waals surface area contributed by atoms with Gasteiger partial charge in [-0.15, -0.1) is 0 Å². The molecule has 0 spiro atoms. The van der Waals surface area contributed by atoms with Crippen molar-refractivity contribution in [2.45, 2.75) is 32.9 Å². The van der Waals surface area contributed by atoms with E-state index in [0.29, 0.717) is 17.9 Å². The topological polar surface area (TPSA) is 129 Å². The lowest BCUT2D eigenvalue weighted by Gasteiger charge is -2.18. The fourth-order valence-corrected chi connectivity index (χ4v) is 3.63. The number of amides is 1. The Morgan fingerprint density at radius 3 is 2.47 bits per heavy atom. The molecule has 0 atom stereocenters. The Labute approximate surface area is 228 Å². The van der Waals surface area contributed by atoms with Gasteiger partial charge in [-0.2, -0.15) is 14.9 Å². The number of aromatic nitrogens is 6. The molecule has 196 valence electrons.